The molecule has 110 valence electrons. The molecule has 0 aliphatic carbocycles. The number of amides is 1. The molecule has 0 aromatic heterocycles. The largest absolute Gasteiger partial charge is 0.389 e. The molecule has 9 heteroatoms. The molecule has 0 bridgehead atoms. The first kappa shape index (κ1) is 16.8. The fourth-order valence-electron chi connectivity index (χ4n) is 1.26. The van der Waals surface area contributed by atoms with Crippen molar-refractivity contribution in [1.29, 1.82) is 0 Å². The average molecular weight is 336 g/mol. The molecular formula is C11H14ClN3O3S2. The number of carbonyl (C=O) groups excluding carboxylic acids is 1. The zero-order valence-corrected chi connectivity index (χ0v) is 13.3. The van der Waals surface area contributed by atoms with Gasteiger partial charge in [-0.3, -0.25) is 4.79 Å². The predicted molar refractivity (Wildman–Crippen MR) is 81.2 cm³/mol. The summed E-state index contributed by atoms with van der Waals surface area (Å²) in [5.74, 6) is -0.379. The lowest BCUT2D eigenvalue weighted by atomic mass is 10.2. The number of carbonyl (C=O) groups is 1. The number of hydrogen-bond donors (Lipinski definition) is 2. The molecule has 3 N–H and O–H groups in total. The summed E-state index contributed by atoms with van der Waals surface area (Å²) in [6.45, 7) is -0.358. The zero-order chi connectivity index (χ0) is 15.5. The molecule has 1 amide bonds. The van der Waals surface area contributed by atoms with Crippen molar-refractivity contribution in [2.45, 2.75) is 4.90 Å². The molecule has 0 radical (unpaired) electrons. The maximum absolute atomic E-state index is 12.1. The summed E-state index contributed by atoms with van der Waals surface area (Å²) in [4.78, 5) is 12.6. The number of thiocarbonyl (C=S) groups is 1. The van der Waals surface area contributed by atoms with Crippen LogP contribution in [0.25, 0.3) is 0 Å². The quantitative estimate of drug-likeness (QED) is 0.757. The minimum absolute atomic E-state index is 0.0230. The molecule has 1 rings (SSSR count). The minimum Gasteiger partial charge on any atom is -0.389 e. The molecule has 1 aromatic rings. The van der Waals surface area contributed by atoms with E-state index in [4.69, 9.17) is 29.6 Å². The topological polar surface area (TPSA) is 92.5 Å². The van der Waals surface area contributed by atoms with Crippen LogP contribution in [0.5, 0.6) is 0 Å². The highest BCUT2D eigenvalue weighted by Gasteiger charge is 2.20. The molecule has 0 atom stereocenters. The van der Waals surface area contributed by atoms with Gasteiger partial charge < -0.3 is 10.6 Å². The molecule has 0 fully saturated rings. The Labute approximate surface area is 127 Å². The van der Waals surface area contributed by atoms with Gasteiger partial charge in [0.1, 0.15) is 9.88 Å². The highest BCUT2D eigenvalue weighted by molar-refractivity contribution is 7.89. The second-order valence-corrected chi connectivity index (χ2v) is 6.70. The summed E-state index contributed by atoms with van der Waals surface area (Å²) in [6.07, 6.45) is 0. The number of sulfonamides is 1. The Morgan fingerprint density at radius 2 is 2.05 bits per heavy atom. The van der Waals surface area contributed by atoms with E-state index in [0.717, 1.165) is 0 Å². The molecular weight excluding hydrogens is 322 g/mol. The van der Waals surface area contributed by atoms with Gasteiger partial charge in [-0.05, 0) is 12.1 Å². The lowest BCUT2D eigenvalue weighted by Crippen LogP contribution is -2.36. The van der Waals surface area contributed by atoms with Crippen molar-refractivity contribution in [2.75, 3.05) is 20.6 Å². The number of hydrogen-bond acceptors (Lipinski definition) is 4. The number of halogens is 1. The maximum atomic E-state index is 12.1. The highest BCUT2D eigenvalue weighted by atomic mass is 35.5. The van der Waals surface area contributed by atoms with Crippen molar-refractivity contribution >= 4 is 44.7 Å². The third kappa shape index (κ3) is 4.14. The summed E-state index contributed by atoms with van der Waals surface area (Å²) in [5.41, 5.74) is 5.83. The summed E-state index contributed by atoms with van der Waals surface area (Å²) in [7, 11) is -0.870. The standard InChI is InChI=1S/C11H14ClN3O3S2/c1-15(2)10(16)6-14-20(17,18)9-5-7(11(13)19)3-4-8(9)12/h3-5,14H,6H2,1-2H3,(H2,13,19). The van der Waals surface area contributed by atoms with Gasteiger partial charge in [0.05, 0.1) is 11.6 Å². The van der Waals surface area contributed by atoms with Crippen molar-refractivity contribution in [2.24, 2.45) is 5.73 Å². The van der Waals surface area contributed by atoms with Crippen molar-refractivity contribution in [3.05, 3.63) is 28.8 Å². The Bertz CT molecular complexity index is 644. The fourth-order valence-corrected chi connectivity index (χ4v) is 2.88. The van der Waals surface area contributed by atoms with Gasteiger partial charge in [0.25, 0.3) is 0 Å². The van der Waals surface area contributed by atoms with Crippen molar-refractivity contribution in [3.63, 3.8) is 0 Å². The summed E-state index contributed by atoms with van der Waals surface area (Å²) in [6, 6.07) is 4.18. The van der Waals surface area contributed by atoms with Crippen LogP contribution in [0.3, 0.4) is 0 Å². The molecule has 0 heterocycles. The number of benzene rings is 1. The highest BCUT2D eigenvalue weighted by Crippen LogP contribution is 2.22. The minimum atomic E-state index is -3.92. The van der Waals surface area contributed by atoms with Crippen LogP contribution in [-0.2, 0) is 14.8 Å². The van der Waals surface area contributed by atoms with Gasteiger partial charge in [-0.1, -0.05) is 29.9 Å². The number of rotatable bonds is 5. The molecule has 0 saturated heterocycles. The van der Waals surface area contributed by atoms with E-state index in [-0.39, 0.29) is 27.4 Å². The third-order valence-electron chi connectivity index (χ3n) is 2.42. The summed E-state index contributed by atoms with van der Waals surface area (Å²) >= 11 is 10.7. The second-order valence-electron chi connectivity index (χ2n) is 4.12. The number of nitrogens with two attached hydrogens (primary N) is 1. The van der Waals surface area contributed by atoms with E-state index in [1.54, 1.807) is 0 Å². The summed E-state index contributed by atoms with van der Waals surface area (Å²) in [5, 5.41) is 0.0230. The molecule has 1 aromatic carbocycles. The molecule has 0 aliphatic heterocycles. The van der Waals surface area contributed by atoms with Crippen LogP contribution in [0, 0.1) is 0 Å². The van der Waals surface area contributed by atoms with Gasteiger partial charge in [0, 0.05) is 19.7 Å². The van der Waals surface area contributed by atoms with Crippen molar-refractivity contribution in [1.82, 2.24) is 9.62 Å². The molecule has 0 spiro atoms. The maximum Gasteiger partial charge on any atom is 0.242 e. The normalized spacial score (nSPS) is 11.2. The third-order valence-corrected chi connectivity index (χ3v) is 4.54. The smallest absolute Gasteiger partial charge is 0.242 e. The number of nitrogens with one attached hydrogen (secondary N) is 1. The fraction of sp³-hybridized carbons (Fsp3) is 0.273. The van der Waals surface area contributed by atoms with Crippen LogP contribution in [0.15, 0.2) is 23.1 Å². The Balaban J connectivity index is 3.06. The van der Waals surface area contributed by atoms with E-state index in [0.29, 0.717) is 5.56 Å². The van der Waals surface area contributed by atoms with Crippen LogP contribution >= 0.6 is 23.8 Å². The van der Waals surface area contributed by atoms with Crippen molar-refractivity contribution < 1.29 is 13.2 Å². The second kappa shape index (κ2) is 6.49. The first-order chi connectivity index (χ1) is 9.15. The Morgan fingerprint density at radius 1 is 1.45 bits per heavy atom. The Kier molecular flexibility index (Phi) is 5.46. The molecule has 0 unspecified atom stereocenters. The van der Waals surface area contributed by atoms with Gasteiger partial charge in [-0.15, -0.1) is 0 Å². The lowest BCUT2D eigenvalue weighted by Gasteiger charge is -2.12. The number of likely N-dealkylation sites (N-methyl/N-ethyl adjacent to an activating group) is 1. The lowest BCUT2D eigenvalue weighted by molar-refractivity contribution is -0.127. The van der Waals surface area contributed by atoms with Crippen LogP contribution in [0.1, 0.15) is 5.56 Å². The van der Waals surface area contributed by atoms with E-state index in [1.165, 1.54) is 37.2 Å². The first-order valence-corrected chi connectivity index (χ1v) is 7.71. The van der Waals surface area contributed by atoms with Gasteiger partial charge in [0.2, 0.25) is 15.9 Å². The van der Waals surface area contributed by atoms with Gasteiger partial charge in [0.15, 0.2) is 0 Å². The van der Waals surface area contributed by atoms with Crippen molar-refractivity contribution in [3.8, 4) is 0 Å². The molecule has 6 nitrogen and oxygen atoms in total. The van der Waals surface area contributed by atoms with Gasteiger partial charge in [-0.25, -0.2) is 13.1 Å². The van der Waals surface area contributed by atoms with E-state index in [9.17, 15) is 13.2 Å². The van der Waals surface area contributed by atoms with Crippen LogP contribution in [-0.4, -0.2) is 44.9 Å². The zero-order valence-electron chi connectivity index (χ0n) is 10.9. The molecule has 0 aliphatic rings. The molecule has 20 heavy (non-hydrogen) atoms. The van der Waals surface area contributed by atoms with Crippen LogP contribution in [0.4, 0.5) is 0 Å². The first-order valence-electron chi connectivity index (χ1n) is 5.44. The SMILES string of the molecule is CN(C)C(=O)CNS(=O)(=O)c1cc(C(N)=S)ccc1Cl. The average Bonchev–Trinajstić information content (AvgIpc) is 2.35. The van der Waals surface area contributed by atoms with E-state index in [2.05, 4.69) is 4.72 Å². The van der Waals surface area contributed by atoms with Gasteiger partial charge in [-0.2, -0.15) is 0 Å². The predicted octanol–water partition coefficient (Wildman–Crippen LogP) is 0.341. The van der Waals surface area contributed by atoms with E-state index >= 15 is 0 Å². The van der Waals surface area contributed by atoms with Crippen LogP contribution < -0.4 is 10.5 Å². The Hall–Kier alpha value is -1.22. The van der Waals surface area contributed by atoms with E-state index < -0.39 is 10.0 Å². The van der Waals surface area contributed by atoms with E-state index in [1.807, 2.05) is 0 Å². The summed E-state index contributed by atoms with van der Waals surface area (Å²) < 4.78 is 26.4. The monoisotopic (exact) mass is 335 g/mol. The number of nitrogens with zero attached hydrogens (tertiary/aromatic N) is 1. The van der Waals surface area contributed by atoms with Crippen LogP contribution in [0.2, 0.25) is 5.02 Å². The Morgan fingerprint density at radius 3 is 2.55 bits per heavy atom. The van der Waals surface area contributed by atoms with Gasteiger partial charge >= 0.3 is 0 Å². The molecule has 0 saturated carbocycles.